The molecule has 1 fully saturated rings. The van der Waals surface area contributed by atoms with E-state index < -0.39 is 5.97 Å². The maximum absolute atomic E-state index is 11.9. The van der Waals surface area contributed by atoms with E-state index in [1.54, 1.807) is 13.2 Å². The Labute approximate surface area is 123 Å². The van der Waals surface area contributed by atoms with Crippen molar-refractivity contribution in [1.29, 1.82) is 0 Å². The van der Waals surface area contributed by atoms with Gasteiger partial charge in [0.15, 0.2) is 0 Å². The van der Waals surface area contributed by atoms with Gasteiger partial charge in [-0.3, -0.25) is 9.59 Å². The highest BCUT2D eigenvalue weighted by atomic mass is 16.5. The third-order valence-corrected chi connectivity index (χ3v) is 3.68. The Morgan fingerprint density at radius 3 is 2.76 bits per heavy atom. The van der Waals surface area contributed by atoms with E-state index in [-0.39, 0.29) is 17.9 Å². The Morgan fingerprint density at radius 1 is 1.33 bits per heavy atom. The van der Waals surface area contributed by atoms with Crippen molar-refractivity contribution < 1.29 is 19.4 Å². The molecule has 112 valence electrons. The summed E-state index contributed by atoms with van der Waals surface area (Å²) in [7, 11) is 1.58. The van der Waals surface area contributed by atoms with E-state index in [1.165, 1.54) is 6.08 Å². The zero-order valence-corrected chi connectivity index (χ0v) is 11.9. The number of ether oxygens (including phenoxy) is 1. The lowest BCUT2D eigenvalue weighted by Crippen LogP contribution is -2.31. The van der Waals surface area contributed by atoms with Gasteiger partial charge in [-0.1, -0.05) is 18.2 Å². The summed E-state index contributed by atoms with van der Waals surface area (Å²) >= 11 is 0. The Morgan fingerprint density at radius 2 is 2.10 bits per heavy atom. The Balaban J connectivity index is 1.90. The number of methoxy groups -OCH3 is 1. The van der Waals surface area contributed by atoms with Crippen LogP contribution < -0.4 is 10.1 Å². The molecule has 2 atom stereocenters. The molecule has 0 bridgehead atoms. The van der Waals surface area contributed by atoms with E-state index in [2.05, 4.69) is 5.32 Å². The first-order valence-corrected chi connectivity index (χ1v) is 6.94. The molecule has 1 saturated carbocycles. The van der Waals surface area contributed by atoms with Gasteiger partial charge < -0.3 is 15.2 Å². The van der Waals surface area contributed by atoms with Crippen molar-refractivity contribution in [2.75, 3.05) is 7.11 Å². The van der Waals surface area contributed by atoms with Crippen LogP contribution in [0.5, 0.6) is 5.75 Å². The monoisotopic (exact) mass is 289 g/mol. The maximum Gasteiger partial charge on any atom is 0.306 e. The molecule has 1 amide bonds. The molecule has 0 saturated heterocycles. The van der Waals surface area contributed by atoms with Crippen LogP contribution in [0.2, 0.25) is 0 Å². The molecule has 1 aliphatic carbocycles. The van der Waals surface area contributed by atoms with Gasteiger partial charge in [0, 0.05) is 17.7 Å². The van der Waals surface area contributed by atoms with Crippen LogP contribution in [0.4, 0.5) is 0 Å². The first-order chi connectivity index (χ1) is 10.1. The van der Waals surface area contributed by atoms with Gasteiger partial charge in [-0.15, -0.1) is 0 Å². The van der Waals surface area contributed by atoms with Crippen molar-refractivity contribution in [3.63, 3.8) is 0 Å². The van der Waals surface area contributed by atoms with Crippen LogP contribution in [0.3, 0.4) is 0 Å². The zero-order chi connectivity index (χ0) is 15.2. The van der Waals surface area contributed by atoms with Gasteiger partial charge in [0.2, 0.25) is 5.91 Å². The van der Waals surface area contributed by atoms with Crippen molar-refractivity contribution in [3.05, 3.63) is 35.9 Å². The summed E-state index contributed by atoms with van der Waals surface area (Å²) in [4.78, 5) is 22.7. The van der Waals surface area contributed by atoms with E-state index in [1.807, 2.05) is 24.3 Å². The lowest BCUT2D eigenvalue weighted by Gasteiger charge is -2.10. The second-order valence-electron chi connectivity index (χ2n) is 5.13. The van der Waals surface area contributed by atoms with Gasteiger partial charge >= 0.3 is 5.97 Å². The molecule has 0 heterocycles. The highest BCUT2D eigenvalue weighted by Gasteiger charge is 2.30. The quantitative estimate of drug-likeness (QED) is 0.814. The van der Waals surface area contributed by atoms with Gasteiger partial charge in [-0.2, -0.15) is 0 Å². The Kier molecular flexibility index (Phi) is 4.98. The van der Waals surface area contributed by atoms with Gasteiger partial charge in [0.1, 0.15) is 5.75 Å². The summed E-state index contributed by atoms with van der Waals surface area (Å²) in [6.07, 6.45) is 4.98. The topological polar surface area (TPSA) is 75.6 Å². The Hall–Kier alpha value is -2.30. The SMILES string of the molecule is COc1ccccc1C=CC(=O)NC1CCC(C(=O)O)C1. The average molecular weight is 289 g/mol. The lowest BCUT2D eigenvalue weighted by molar-refractivity contribution is -0.141. The number of para-hydroxylation sites is 1. The van der Waals surface area contributed by atoms with E-state index in [0.717, 1.165) is 5.56 Å². The summed E-state index contributed by atoms with van der Waals surface area (Å²) in [6, 6.07) is 7.36. The van der Waals surface area contributed by atoms with E-state index in [9.17, 15) is 9.59 Å². The number of carboxylic acids is 1. The Bertz CT molecular complexity index is 553. The molecule has 0 spiro atoms. The second kappa shape index (κ2) is 6.92. The number of amides is 1. The number of nitrogens with one attached hydrogen (secondary N) is 1. The number of hydrogen-bond donors (Lipinski definition) is 2. The molecule has 21 heavy (non-hydrogen) atoms. The molecule has 0 aliphatic heterocycles. The molecule has 2 unspecified atom stereocenters. The highest BCUT2D eigenvalue weighted by molar-refractivity contribution is 5.92. The van der Waals surface area contributed by atoms with Crippen molar-refractivity contribution in [2.45, 2.75) is 25.3 Å². The van der Waals surface area contributed by atoms with E-state index in [0.29, 0.717) is 25.0 Å². The van der Waals surface area contributed by atoms with Gasteiger partial charge in [0.05, 0.1) is 13.0 Å². The summed E-state index contributed by atoms with van der Waals surface area (Å²) in [5.74, 6) is -0.630. The van der Waals surface area contributed by atoms with Crippen molar-refractivity contribution in [3.8, 4) is 5.75 Å². The number of carbonyl (C=O) groups excluding carboxylic acids is 1. The molecule has 1 aliphatic rings. The summed E-state index contributed by atoms with van der Waals surface area (Å²) < 4.78 is 5.20. The van der Waals surface area contributed by atoms with Crippen LogP contribution in [0.1, 0.15) is 24.8 Å². The van der Waals surface area contributed by atoms with Crippen LogP contribution in [0.15, 0.2) is 30.3 Å². The molecular formula is C16H19NO4. The van der Waals surface area contributed by atoms with Crippen LogP contribution in [0.25, 0.3) is 6.08 Å². The first kappa shape index (κ1) is 15.1. The minimum Gasteiger partial charge on any atom is -0.496 e. The minimum absolute atomic E-state index is 0.0547. The number of aliphatic carboxylic acids is 1. The number of carbonyl (C=O) groups is 2. The third-order valence-electron chi connectivity index (χ3n) is 3.68. The zero-order valence-electron chi connectivity index (χ0n) is 11.9. The fraction of sp³-hybridized carbons (Fsp3) is 0.375. The van der Waals surface area contributed by atoms with Gasteiger partial charge in [-0.25, -0.2) is 0 Å². The first-order valence-electron chi connectivity index (χ1n) is 6.94. The predicted molar refractivity (Wildman–Crippen MR) is 78.9 cm³/mol. The molecule has 5 heteroatoms. The molecule has 1 aromatic carbocycles. The molecule has 2 rings (SSSR count). The maximum atomic E-state index is 11.9. The molecule has 1 aromatic rings. The lowest BCUT2D eigenvalue weighted by atomic mass is 10.1. The summed E-state index contributed by atoms with van der Waals surface area (Å²) in [5, 5.41) is 11.8. The summed E-state index contributed by atoms with van der Waals surface area (Å²) in [5.41, 5.74) is 0.824. The van der Waals surface area contributed by atoms with Crippen LogP contribution in [-0.2, 0) is 9.59 Å². The highest BCUT2D eigenvalue weighted by Crippen LogP contribution is 2.25. The third kappa shape index (κ3) is 4.08. The second-order valence-corrected chi connectivity index (χ2v) is 5.13. The molecule has 0 aromatic heterocycles. The smallest absolute Gasteiger partial charge is 0.306 e. The molecule has 5 nitrogen and oxygen atoms in total. The fourth-order valence-electron chi connectivity index (χ4n) is 2.56. The van der Waals surface area contributed by atoms with Crippen molar-refractivity contribution in [1.82, 2.24) is 5.32 Å². The summed E-state index contributed by atoms with van der Waals surface area (Å²) in [6.45, 7) is 0. The fourth-order valence-corrected chi connectivity index (χ4v) is 2.56. The molecule has 2 N–H and O–H groups in total. The van der Waals surface area contributed by atoms with Crippen LogP contribution in [0, 0.1) is 5.92 Å². The van der Waals surface area contributed by atoms with Crippen LogP contribution in [-0.4, -0.2) is 30.1 Å². The van der Waals surface area contributed by atoms with Crippen molar-refractivity contribution >= 4 is 18.0 Å². The minimum atomic E-state index is -0.781. The molecular weight excluding hydrogens is 270 g/mol. The number of benzene rings is 1. The normalized spacial score (nSPS) is 21.4. The van der Waals surface area contributed by atoms with Gasteiger partial charge in [-0.05, 0) is 31.4 Å². The standard InChI is InChI=1S/C16H19NO4/c1-21-14-5-3-2-4-11(14)7-9-15(18)17-13-8-6-12(10-13)16(19)20/h2-5,7,9,12-13H,6,8,10H2,1H3,(H,17,18)(H,19,20). The van der Waals surface area contributed by atoms with Gasteiger partial charge in [0.25, 0.3) is 0 Å². The van der Waals surface area contributed by atoms with Crippen molar-refractivity contribution in [2.24, 2.45) is 5.92 Å². The van der Waals surface area contributed by atoms with E-state index >= 15 is 0 Å². The van der Waals surface area contributed by atoms with E-state index in [4.69, 9.17) is 9.84 Å². The molecule has 0 radical (unpaired) electrons. The number of carboxylic acid groups (broad SMARTS) is 1. The predicted octanol–water partition coefficient (Wildman–Crippen LogP) is 2.08. The number of rotatable bonds is 5. The largest absolute Gasteiger partial charge is 0.496 e. The van der Waals surface area contributed by atoms with Crippen LogP contribution >= 0.6 is 0 Å². The average Bonchev–Trinajstić information content (AvgIpc) is 2.94. The number of hydrogen-bond acceptors (Lipinski definition) is 3.